The molecule has 0 aliphatic carbocycles. The molecule has 0 aliphatic heterocycles. The maximum absolute atomic E-state index is 11.4. The van der Waals surface area contributed by atoms with Gasteiger partial charge in [-0.2, -0.15) is 0 Å². The highest BCUT2D eigenvalue weighted by Crippen LogP contribution is 2.14. The minimum atomic E-state index is -0.130. The van der Waals surface area contributed by atoms with Crippen LogP contribution in [0.5, 0.6) is 0 Å². The lowest BCUT2D eigenvalue weighted by atomic mass is 9.99. The SMILES string of the molecule is CCCCC(CC)Cn1c(=O)[nH][nH]c1=S. The van der Waals surface area contributed by atoms with Gasteiger partial charge < -0.3 is 0 Å². The summed E-state index contributed by atoms with van der Waals surface area (Å²) >= 11 is 5.03. The van der Waals surface area contributed by atoms with E-state index >= 15 is 0 Å². The lowest BCUT2D eigenvalue weighted by Gasteiger charge is -2.13. The highest BCUT2D eigenvalue weighted by Gasteiger charge is 2.09. The number of nitrogens with one attached hydrogen (secondary N) is 2. The van der Waals surface area contributed by atoms with E-state index in [1.807, 2.05) is 0 Å². The Bertz CT molecular complexity index is 362. The van der Waals surface area contributed by atoms with Crippen molar-refractivity contribution in [2.24, 2.45) is 5.92 Å². The van der Waals surface area contributed by atoms with Crippen LogP contribution >= 0.6 is 12.2 Å². The fourth-order valence-corrected chi connectivity index (χ4v) is 1.88. The number of unbranched alkanes of at least 4 members (excludes halogenated alkanes) is 1. The molecule has 0 aliphatic rings. The van der Waals surface area contributed by atoms with E-state index in [1.165, 1.54) is 19.3 Å². The molecule has 4 nitrogen and oxygen atoms in total. The summed E-state index contributed by atoms with van der Waals surface area (Å²) in [5, 5.41) is 5.16. The fraction of sp³-hybridized carbons (Fsp3) is 0.800. The summed E-state index contributed by atoms with van der Waals surface area (Å²) in [6, 6.07) is 0. The monoisotopic (exact) mass is 229 g/mol. The molecule has 1 heterocycles. The number of H-pyrrole nitrogens is 2. The first kappa shape index (κ1) is 12.2. The summed E-state index contributed by atoms with van der Waals surface area (Å²) in [4.78, 5) is 11.4. The van der Waals surface area contributed by atoms with E-state index in [0.717, 1.165) is 13.0 Å². The summed E-state index contributed by atoms with van der Waals surface area (Å²) in [7, 11) is 0. The van der Waals surface area contributed by atoms with Crippen molar-refractivity contribution in [3.05, 3.63) is 15.3 Å². The highest BCUT2D eigenvalue weighted by atomic mass is 32.1. The van der Waals surface area contributed by atoms with Gasteiger partial charge in [0, 0.05) is 6.54 Å². The number of aromatic nitrogens is 3. The predicted molar refractivity (Wildman–Crippen MR) is 63.5 cm³/mol. The van der Waals surface area contributed by atoms with Crippen LogP contribution in [0.3, 0.4) is 0 Å². The lowest BCUT2D eigenvalue weighted by molar-refractivity contribution is 0.384. The van der Waals surface area contributed by atoms with Gasteiger partial charge in [-0.3, -0.25) is 9.67 Å². The average Bonchev–Trinajstić information content (AvgIpc) is 2.55. The van der Waals surface area contributed by atoms with E-state index in [1.54, 1.807) is 4.57 Å². The second kappa shape index (κ2) is 5.90. The Morgan fingerprint density at radius 2 is 2.13 bits per heavy atom. The maximum atomic E-state index is 11.4. The van der Waals surface area contributed by atoms with Crippen molar-refractivity contribution in [3.63, 3.8) is 0 Å². The largest absolute Gasteiger partial charge is 0.342 e. The molecule has 1 unspecified atom stereocenters. The van der Waals surface area contributed by atoms with Crippen LogP contribution in [0.15, 0.2) is 4.79 Å². The Hall–Kier alpha value is -0.840. The predicted octanol–water partition coefficient (Wildman–Crippen LogP) is 2.45. The minimum Gasteiger partial charge on any atom is -0.272 e. The van der Waals surface area contributed by atoms with Gasteiger partial charge in [0.1, 0.15) is 0 Å². The Labute approximate surface area is 94.7 Å². The van der Waals surface area contributed by atoms with Crippen LogP contribution in [0, 0.1) is 10.7 Å². The van der Waals surface area contributed by atoms with Crippen molar-refractivity contribution in [2.45, 2.75) is 46.1 Å². The molecule has 15 heavy (non-hydrogen) atoms. The molecule has 0 spiro atoms. The van der Waals surface area contributed by atoms with E-state index in [-0.39, 0.29) is 5.69 Å². The van der Waals surface area contributed by atoms with Gasteiger partial charge in [0.2, 0.25) is 0 Å². The Balaban J connectivity index is 2.66. The van der Waals surface area contributed by atoms with Gasteiger partial charge in [-0.25, -0.2) is 9.89 Å². The molecule has 86 valence electrons. The molecule has 5 heteroatoms. The van der Waals surface area contributed by atoms with Gasteiger partial charge in [-0.15, -0.1) is 0 Å². The fourth-order valence-electron chi connectivity index (χ4n) is 1.68. The summed E-state index contributed by atoms with van der Waals surface area (Å²) < 4.78 is 2.11. The molecule has 0 amide bonds. The zero-order valence-corrected chi connectivity index (χ0v) is 10.2. The summed E-state index contributed by atoms with van der Waals surface area (Å²) in [6.45, 7) is 5.07. The molecule has 0 fully saturated rings. The first-order valence-corrected chi connectivity index (χ1v) is 5.97. The number of rotatable bonds is 6. The zero-order valence-electron chi connectivity index (χ0n) is 9.38. The van der Waals surface area contributed by atoms with Crippen molar-refractivity contribution >= 4 is 12.2 Å². The first-order chi connectivity index (χ1) is 7.19. The summed E-state index contributed by atoms with van der Waals surface area (Å²) in [5.74, 6) is 0.550. The van der Waals surface area contributed by atoms with E-state index in [2.05, 4.69) is 24.0 Å². The Morgan fingerprint density at radius 1 is 1.40 bits per heavy atom. The van der Waals surface area contributed by atoms with Gasteiger partial charge in [0.25, 0.3) is 0 Å². The van der Waals surface area contributed by atoms with E-state index in [9.17, 15) is 4.79 Å². The molecular formula is C10H19N3OS. The topological polar surface area (TPSA) is 53.6 Å². The maximum Gasteiger partial charge on any atom is 0.342 e. The van der Waals surface area contributed by atoms with Crippen LogP contribution in [-0.2, 0) is 6.54 Å². The number of nitrogens with zero attached hydrogens (tertiary/aromatic N) is 1. The first-order valence-electron chi connectivity index (χ1n) is 5.56. The van der Waals surface area contributed by atoms with E-state index < -0.39 is 0 Å². The van der Waals surface area contributed by atoms with Gasteiger partial charge >= 0.3 is 5.69 Å². The number of hydrogen-bond acceptors (Lipinski definition) is 2. The van der Waals surface area contributed by atoms with Gasteiger partial charge in [-0.05, 0) is 24.6 Å². The molecular weight excluding hydrogens is 210 g/mol. The summed E-state index contributed by atoms with van der Waals surface area (Å²) in [6.07, 6.45) is 4.67. The van der Waals surface area contributed by atoms with Crippen LogP contribution in [0.4, 0.5) is 0 Å². The summed E-state index contributed by atoms with van der Waals surface area (Å²) in [5.41, 5.74) is -0.130. The molecule has 2 N–H and O–H groups in total. The van der Waals surface area contributed by atoms with Crippen LogP contribution < -0.4 is 5.69 Å². The third-order valence-electron chi connectivity index (χ3n) is 2.75. The molecule has 1 aromatic rings. The smallest absolute Gasteiger partial charge is 0.272 e. The van der Waals surface area contributed by atoms with Crippen LogP contribution in [0.25, 0.3) is 0 Å². The third-order valence-corrected chi connectivity index (χ3v) is 3.07. The van der Waals surface area contributed by atoms with Gasteiger partial charge in [-0.1, -0.05) is 33.1 Å². The Kier molecular flexibility index (Phi) is 4.81. The van der Waals surface area contributed by atoms with Crippen molar-refractivity contribution in [1.29, 1.82) is 0 Å². The number of hydrogen-bond donors (Lipinski definition) is 2. The lowest BCUT2D eigenvalue weighted by Crippen LogP contribution is -2.21. The zero-order chi connectivity index (χ0) is 11.3. The standard InChI is InChI=1S/C10H19N3OS/c1-3-5-6-8(4-2)7-13-9(14)11-12-10(13)15/h8H,3-7H2,1-2H3,(H,11,14)(H,12,15). The molecule has 1 aromatic heterocycles. The highest BCUT2D eigenvalue weighted by molar-refractivity contribution is 7.71. The van der Waals surface area contributed by atoms with Gasteiger partial charge in [0.05, 0.1) is 0 Å². The van der Waals surface area contributed by atoms with Crippen LogP contribution in [0.2, 0.25) is 0 Å². The minimum absolute atomic E-state index is 0.130. The number of aromatic amines is 2. The van der Waals surface area contributed by atoms with E-state index in [4.69, 9.17) is 12.2 Å². The molecule has 0 saturated carbocycles. The molecule has 0 aromatic carbocycles. The third kappa shape index (κ3) is 3.34. The van der Waals surface area contributed by atoms with Crippen molar-refractivity contribution in [1.82, 2.24) is 14.8 Å². The Morgan fingerprint density at radius 3 is 2.60 bits per heavy atom. The molecule has 1 rings (SSSR count). The quantitative estimate of drug-likeness (QED) is 0.736. The van der Waals surface area contributed by atoms with E-state index in [0.29, 0.717) is 10.7 Å². The van der Waals surface area contributed by atoms with Crippen molar-refractivity contribution < 1.29 is 0 Å². The molecule has 0 bridgehead atoms. The van der Waals surface area contributed by atoms with Crippen molar-refractivity contribution in [3.8, 4) is 0 Å². The van der Waals surface area contributed by atoms with Crippen molar-refractivity contribution in [2.75, 3.05) is 0 Å². The molecule has 0 saturated heterocycles. The average molecular weight is 229 g/mol. The molecule has 0 radical (unpaired) electrons. The second-order valence-electron chi connectivity index (χ2n) is 3.89. The van der Waals surface area contributed by atoms with Crippen LogP contribution in [0.1, 0.15) is 39.5 Å². The molecule has 1 atom stereocenters. The normalized spacial score (nSPS) is 12.9. The van der Waals surface area contributed by atoms with Gasteiger partial charge in [0.15, 0.2) is 4.77 Å². The van der Waals surface area contributed by atoms with Crippen LogP contribution in [-0.4, -0.2) is 14.8 Å². The second-order valence-corrected chi connectivity index (χ2v) is 4.27.